The van der Waals surface area contributed by atoms with E-state index >= 15 is 0 Å². The van der Waals surface area contributed by atoms with Crippen LogP contribution in [0.5, 0.6) is 0 Å². The molecule has 0 atom stereocenters. The Balaban J connectivity index is 3.28. The van der Waals surface area contributed by atoms with Crippen molar-refractivity contribution in [1.29, 1.82) is 0 Å². The minimum Gasteiger partial charge on any atom is -0.350 e. The van der Waals surface area contributed by atoms with Gasteiger partial charge in [0.05, 0.1) is 0 Å². The molecule has 1 nitrogen and oxygen atoms in total. The van der Waals surface area contributed by atoms with Gasteiger partial charge in [-0.25, -0.2) is 0 Å². The fourth-order valence-corrected chi connectivity index (χ4v) is 1.55. The molecule has 2 heteroatoms. The first-order valence-electron chi connectivity index (χ1n) is 5.05. The predicted octanol–water partition coefficient (Wildman–Crippen LogP) is 4.17. The molecule has 0 aliphatic carbocycles. The summed E-state index contributed by atoms with van der Waals surface area (Å²) < 4.78 is 0.834. The molecule has 14 heavy (non-hydrogen) atoms. The van der Waals surface area contributed by atoms with Crippen LogP contribution in [0.3, 0.4) is 0 Å². The average molecular weight is 209 g/mol. The minimum atomic E-state index is 0.137. The maximum Gasteiger partial charge on any atom is 0.103 e. The summed E-state index contributed by atoms with van der Waals surface area (Å²) in [5, 5.41) is 0. The van der Waals surface area contributed by atoms with Crippen LogP contribution in [0.1, 0.15) is 51.8 Å². The summed E-state index contributed by atoms with van der Waals surface area (Å²) in [6.07, 6.45) is 0. The van der Waals surface area contributed by atoms with Crippen molar-refractivity contribution >= 4 is 12.2 Å². The molecule has 1 heterocycles. The van der Waals surface area contributed by atoms with Crippen molar-refractivity contribution < 1.29 is 0 Å². The smallest absolute Gasteiger partial charge is 0.103 e. The van der Waals surface area contributed by atoms with Gasteiger partial charge >= 0.3 is 0 Å². The summed E-state index contributed by atoms with van der Waals surface area (Å²) in [6.45, 7) is 11.0. The van der Waals surface area contributed by atoms with Crippen LogP contribution >= 0.6 is 12.2 Å². The number of H-pyrrole nitrogens is 1. The molecule has 0 aliphatic rings. The molecule has 1 N–H and O–H groups in total. The highest BCUT2D eigenvalue weighted by molar-refractivity contribution is 7.71. The molecule has 0 bridgehead atoms. The van der Waals surface area contributed by atoms with Crippen LogP contribution in [-0.2, 0) is 5.41 Å². The third-order valence-corrected chi connectivity index (χ3v) is 2.56. The maximum absolute atomic E-state index is 5.22. The monoisotopic (exact) mass is 209 g/mol. The van der Waals surface area contributed by atoms with E-state index in [-0.39, 0.29) is 5.41 Å². The van der Waals surface area contributed by atoms with Crippen molar-refractivity contribution in [2.45, 2.75) is 46.0 Å². The minimum absolute atomic E-state index is 0.137. The maximum atomic E-state index is 5.22. The highest BCUT2D eigenvalue weighted by Crippen LogP contribution is 2.23. The number of pyridine rings is 1. The highest BCUT2D eigenvalue weighted by Gasteiger charge is 2.15. The summed E-state index contributed by atoms with van der Waals surface area (Å²) in [4.78, 5) is 3.26. The molecule has 0 saturated heterocycles. The van der Waals surface area contributed by atoms with Crippen LogP contribution in [0.2, 0.25) is 0 Å². The van der Waals surface area contributed by atoms with Crippen LogP contribution < -0.4 is 0 Å². The van der Waals surface area contributed by atoms with Crippen LogP contribution in [0.15, 0.2) is 12.1 Å². The lowest BCUT2D eigenvalue weighted by atomic mass is 9.89. The zero-order valence-corrected chi connectivity index (χ0v) is 10.5. The van der Waals surface area contributed by atoms with E-state index in [2.05, 4.69) is 51.7 Å². The summed E-state index contributed by atoms with van der Waals surface area (Å²) in [5.74, 6) is 0.535. The lowest BCUT2D eigenvalue weighted by molar-refractivity contribution is 0.566. The third-order valence-electron chi connectivity index (χ3n) is 2.34. The zero-order valence-electron chi connectivity index (χ0n) is 9.64. The zero-order chi connectivity index (χ0) is 10.9. The Hall–Kier alpha value is -0.630. The van der Waals surface area contributed by atoms with Gasteiger partial charge in [-0.1, -0.05) is 46.8 Å². The number of aromatic amines is 1. The number of hydrogen-bond acceptors (Lipinski definition) is 1. The van der Waals surface area contributed by atoms with Crippen molar-refractivity contribution in [2.24, 2.45) is 0 Å². The summed E-state index contributed by atoms with van der Waals surface area (Å²) in [7, 11) is 0. The number of hydrogen-bond donors (Lipinski definition) is 1. The Morgan fingerprint density at radius 2 is 1.79 bits per heavy atom. The van der Waals surface area contributed by atoms with Crippen molar-refractivity contribution in [3.63, 3.8) is 0 Å². The van der Waals surface area contributed by atoms with Gasteiger partial charge in [0.25, 0.3) is 0 Å². The lowest BCUT2D eigenvalue weighted by Gasteiger charge is -2.20. The van der Waals surface area contributed by atoms with E-state index in [1.807, 2.05) is 0 Å². The van der Waals surface area contributed by atoms with Gasteiger partial charge in [-0.3, -0.25) is 0 Å². The first-order valence-corrected chi connectivity index (χ1v) is 5.46. The quantitative estimate of drug-likeness (QED) is 0.686. The predicted molar refractivity (Wildman–Crippen MR) is 64.4 cm³/mol. The molecule has 0 aliphatic heterocycles. The Labute approximate surface area is 91.6 Å². The Kier molecular flexibility index (Phi) is 3.15. The van der Waals surface area contributed by atoms with E-state index in [0.29, 0.717) is 5.92 Å². The highest BCUT2D eigenvalue weighted by atomic mass is 32.1. The molecule has 0 radical (unpaired) electrons. The van der Waals surface area contributed by atoms with Gasteiger partial charge in [0.15, 0.2) is 0 Å². The molecule has 78 valence electrons. The second-order valence-electron chi connectivity index (χ2n) is 5.10. The van der Waals surface area contributed by atoms with Gasteiger partial charge in [-0.05, 0) is 23.6 Å². The Morgan fingerprint density at radius 1 is 1.21 bits per heavy atom. The molecule has 0 unspecified atom stereocenters. The van der Waals surface area contributed by atoms with E-state index < -0.39 is 0 Å². The molecular formula is C12H19NS. The molecular weight excluding hydrogens is 190 g/mol. The first-order chi connectivity index (χ1) is 6.30. The van der Waals surface area contributed by atoms with E-state index in [4.69, 9.17) is 12.2 Å². The number of nitrogens with one attached hydrogen (secondary N) is 1. The van der Waals surface area contributed by atoms with Crippen LogP contribution in [-0.4, -0.2) is 4.98 Å². The summed E-state index contributed by atoms with van der Waals surface area (Å²) in [6, 6.07) is 4.27. The van der Waals surface area contributed by atoms with E-state index in [1.54, 1.807) is 0 Å². The van der Waals surface area contributed by atoms with Crippen LogP contribution in [0, 0.1) is 4.64 Å². The Morgan fingerprint density at radius 3 is 2.21 bits per heavy atom. The summed E-state index contributed by atoms with van der Waals surface area (Å²) >= 11 is 5.22. The standard InChI is InChI=1S/C12H19NS/c1-8(2)9-6-10(12(3,4)5)13-11(14)7-9/h6-8H,1-5H3,(H,13,14). The van der Waals surface area contributed by atoms with Gasteiger partial charge in [-0.2, -0.15) is 0 Å². The molecule has 0 aromatic carbocycles. The normalized spacial score (nSPS) is 12.1. The van der Waals surface area contributed by atoms with Crippen LogP contribution in [0.4, 0.5) is 0 Å². The van der Waals surface area contributed by atoms with Gasteiger partial charge < -0.3 is 4.98 Å². The third kappa shape index (κ3) is 2.68. The molecule has 0 spiro atoms. The fraction of sp³-hybridized carbons (Fsp3) is 0.583. The molecule has 0 fully saturated rings. The molecule has 0 saturated carbocycles. The van der Waals surface area contributed by atoms with Crippen molar-refractivity contribution in [1.82, 2.24) is 4.98 Å². The molecule has 1 rings (SSSR count). The van der Waals surface area contributed by atoms with Crippen molar-refractivity contribution in [3.8, 4) is 0 Å². The lowest BCUT2D eigenvalue weighted by Crippen LogP contribution is -2.14. The van der Waals surface area contributed by atoms with Crippen LogP contribution in [0.25, 0.3) is 0 Å². The van der Waals surface area contributed by atoms with Crippen molar-refractivity contribution in [2.75, 3.05) is 0 Å². The fourth-order valence-electron chi connectivity index (χ4n) is 1.30. The first kappa shape index (κ1) is 11.4. The topological polar surface area (TPSA) is 15.8 Å². The Bertz CT molecular complexity index is 369. The second-order valence-corrected chi connectivity index (χ2v) is 5.54. The average Bonchev–Trinajstić information content (AvgIpc) is 2.01. The molecule has 0 amide bonds. The van der Waals surface area contributed by atoms with Crippen molar-refractivity contribution in [3.05, 3.63) is 28.0 Å². The van der Waals surface area contributed by atoms with E-state index in [1.165, 1.54) is 11.3 Å². The van der Waals surface area contributed by atoms with Gasteiger partial charge in [-0.15, -0.1) is 0 Å². The largest absolute Gasteiger partial charge is 0.350 e. The SMILES string of the molecule is CC(C)c1cc(C(C)(C)C)[nH]c(=S)c1. The second kappa shape index (κ2) is 3.85. The summed E-state index contributed by atoms with van der Waals surface area (Å²) in [5.41, 5.74) is 2.67. The van der Waals surface area contributed by atoms with E-state index in [0.717, 1.165) is 4.64 Å². The van der Waals surface area contributed by atoms with Gasteiger partial charge in [0.2, 0.25) is 0 Å². The van der Waals surface area contributed by atoms with Gasteiger partial charge in [0, 0.05) is 11.1 Å². The molecule has 1 aromatic heterocycles. The number of rotatable bonds is 1. The van der Waals surface area contributed by atoms with E-state index in [9.17, 15) is 0 Å². The van der Waals surface area contributed by atoms with Gasteiger partial charge in [0.1, 0.15) is 4.64 Å². The number of aromatic nitrogens is 1. The molecule has 1 aromatic rings.